The number of nitrogens with one attached hydrogen (secondary N) is 1. The van der Waals surface area contributed by atoms with Gasteiger partial charge in [0.15, 0.2) is 0 Å². The fourth-order valence-electron chi connectivity index (χ4n) is 1.23. The number of aromatic amines is 1. The number of hydrogen-bond donors (Lipinski definition) is 1. The molecule has 1 aromatic carbocycles. The van der Waals surface area contributed by atoms with Crippen LogP contribution in [0, 0.1) is 6.92 Å². The van der Waals surface area contributed by atoms with Crippen LogP contribution in [0.4, 0.5) is 5.69 Å². The minimum absolute atomic E-state index is 0.417. The molecule has 0 bridgehead atoms. The SMILES string of the molecule is Cc1[nH]oc(=O)c1C=Nc1cccc(Cl)c1. The molecule has 1 N–H and O–H groups in total. The molecule has 0 fully saturated rings. The summed E-state index contributed by atoms with van der Waals surface area (Å²) >= 11 is 5.81. The van der Waals surface area contributed by atoms with Crippen molar-refractivity contribution in [3.63, 3.8) is 0 Å². The quantitative estimate of drug-likeness (QED) is 0.815. The van der Waals surface area contributed by atoms with Gasteiger partial charge < -0.3 is 4.52 Å². The van der Waals surface area contributed by atoms with Gasteiger partial charge in [-0.2, -0.15) is 0 Å². The zero-order valence-corrected chi connectivity index (χ0v) is 9.28. The summed E-state index contributed by atoms with van der Waals surface area (Å²) in [6, 6.07) is 7.06. The van der Waals surface area contributed by atoms with Crippen molar-refractivity contribution in [1.82, 2.24) is 5.16 Å². The molecule has 0 radical (unpaired) electrons. The van der Waals surface area contributed by atoms with Crippen LogP contribution in [0.2, 0.25) is 5.02 Å². The van der Waals surface area contributed by atoms with E-state index >= 15 is 0 Å². The Balaban J connectivity index is 2.32. The Hall–Kier alpha value is -1.81. The first-order valence-corrected chi connectivity index (χ1v) is 5.02. The van der Waals surface area contributed by atoms with Gasteiger partial charge in [-0.25, -0.2) is 9.95 Å². The average molecular weight is 237 g/mol. The lowest BCUT2D eigenvalue weighted by Crippen LogP contribution is -2.00. The molecule has 0 amide bonds. The Morgan fingerprint density at radius 1 is 1.50 bits per heavy atom. The molecule has 0 aliphatic rings. The van der Waals surface area contributed by atoms with Gasteiger partial charge in [0, 0.05) is 11.2 Å². The summed E-state index contributed by atoms with van der Waals surface area (Å²) in [5.41, 5.74) is 1.33. The Kier molecular flexibility index (Phi) is 2.92. The van der Waals surface area contributed by atoms with Crippen LogP contribution in [0.1, 0.15) is 11.3 Å². The summed E-state index contributed by atoms with van der Waals surface area (Å²) in [4.78, 5) is 15.4. The molecule has 0 aliphatic carbocycles. The van der Waals surface area contributed by atoms with E-state index in [-0.39, 0.29) is 0 Å². The first-order valence-electron chi connectivity index (χ1n) is 4.64. The maximum atomic E-state index is 11.2. The first kappa shape index (κ1) is 10.7. The highest BCUT2D eigenvalue weighted by Gasteiger charge is 2.04. The minimum Gasteiger partial charge on any atom is -0.338 e. The maximum absolute atomic E-state index is 11.2. The van der Waals surface area contributed by atoms with Crippen molar-refractivity contribution < 1.29 is 4.52 Å². The van der Waals surface area contributed by atoms with E-state index in [1.54, 1.807) is 31.2 Å². The van der Waals surface area contributed by atoms with Crippen LogP contribution >= 0.6 is 11.6 Å². The van der Waals surface area contributed by atoms with Gasteiger partial charge in [0.1, 0.15) is 5.56 Å². The van der Waals surface area contributed by atoms with E-state index in [0.717, 1.165) is 0 Å². The number of aliphatic imine (C=N–C) groups is 1. The highest BCUT2D eigenvalue weighted by atomic mass is 35.5. The highest BCUT2D eigenvalue weighted by molar-refractivity contribution is 6.30. The van der Waals surface area contributed by atoms with Crippen molar-refractivity contribution >= 4 is 23.5 Å². The first-order chi connectivity index (χ1) is 7.66. The predicted molar refractivity (Wildman–Crippen MR) is 62.8 cm³/mol. The van der Waals surface area contributed by atoms with Crippen LogP contribution < -0.4 is 5.63 Å². The monoisotopic (exact) mass is 236 g/mol. The average Bonchev–Trinajstić information content (AvgIpc) is 2.56. The fraction of sp³-hybridized carbons (Fsp3) is 0.0909. The molecule has 0 saturated carbocycles. The standard InChI is InChI=1S/C11H9ClN2O2/c1-7-10(11(15)16-14-7)6-13-9-4-2-3-8(12)5-9/h2-6,14H,1H3. The Labute approximate surface area is 96.5 Å². The molecule has 0 unspecified atom stereocenters. The number of H-pyrrole nitrogens is 1. The van der Waals surface area contributed by atoms with Crippen LogP contribution in [-0.2, 0) is 0 Å². The number of benzene rings is 1. The molecule has 2 aromatic rings. The highest BCUT2D eigenvalue weighted by Crippen LogP contribution is 2.17. The van der Waals surface area contributed by atoms with Crippen LogP contribution in [0.5, 0.6) is 0 Å². The third kappa shape index (κ3) is 2.23. The van der Waals surface area contributed by atoms with E-state index in [2.05, 4.69) is 14.7 Å². The van der Waals surface area contributed by atoms with Crippen molar-refractivity contribution in [1.29, 1.82) is 0 Å². The van der Waals surface area contributed by atoms with Gasteiger partial charge in [0.2, 0.25) is 0 Å². The summed E-state index contributed by atoms with van der Waals surface area (Å²) in [6.07, 6.45) is 1.46. The predicted octanol–water partition coefficient (Wildman–Crippen LogP) is 2.68. The maximum Gasteiger partial charge on any atom is 0.366 e. The zero-order valence-electron chi connectivity index (χ0n) is 8.53. The largest absolute Gasteiger partial charge is 0.366 e. The van der Waals surface area contributed by atoms with Crippen LogP contribution in [-0.4, -0.2) is 11.4 Å². The lowest BCUT2D eigenvalue weighted by Gasteiger charge is -1.92. The van der Waals surface area contributed by atoms with E-state index in [0.29, 0.717) is 22.0 Å². The van der Waals surface area contributed by atoms with Gasteiger partial charge in [0.25, 0.3) is 0 Å². The Bertz CT molecular complexity index is 584. The minimum atomic E-state index is -0.428. The van der Waals surface area contributed by atoms with Gasteiger partial charge >= 0.3 is 5.63 Å². The smallest absolute Gasteiger partial charge is 0.338 e. The molecule has 16 heavy (non-hydrogen) atoms. The van der Waals surface area contributed by atoms with Crippen molar-refractivity contribution in [2.45, 2.75) is 6.92 Å². The molecular formula is C11H9ClN2O2. The van der Waals surface area contributed by atoms with Crippen molar-refractivity contribution in [2.24, 2.45) is 4.99 Å². The molecule has 0 aliphatic heterocycles. The number of hydrogen-bond acceptors (Lipinski definition) is 3. The van der Waals surface area contributed by atoms with E-state index in [1.807, 2.05) is 0 Å². The van der Waals surface area contributed by atoms with Crippen LogP contribution in [0.15, 0.2) is 38.6 Å². The molecule has 0 spiro atoms. The van der Waals surface area contributed by atoms with E-state index in [4.69, 9.17) is 11.6 Å². The van der Waals surface area contributed by atoms with Gasteiger partial charge in [0.05, 0.1) is 11.4 Å². The second-order valence-corrected chi connectivity index (χ2v) is 3.70. The normalized spacial score (nSPS) is 11.1. The molecule has 1 heterocycles. The molecule has 4 nitrogen and oxygen atoms in total. The fourth-order valence-corrected chi connectivity index (χ4v) is 1.42. The second kappa shape index (κ2) is 4.37. The van der Waals surface area contributed by atoms with Gasteiger partial charge in [-0.3, -0.25) is 4.99 Å². The van der Waals surface area contributed by atoms with Crippen molar-refractivity contribution in [3.05, 3.63) is 51.0 Å². The molecule has 2 rings (SSSR count). The molecule has 0 saturated heterocycles. The molecule has 5 heteroatoms. The van der Waals surface area contributed by atoms with Gasteiger partial charge in [-0.05, 0) is 25.1 Å². The summed E-state index contributed by atoms with van der Waals surface area (Å²) in [6.45, 7) is 1.74. The van der Waals surface area contributed by atoms with E-state index in [9.17, 15) is 4.79 Å². The number of halogens is 1. The van der Waals surface area contributed by atoms with Crippen molar-refractivity contribution in [3.8, 4) is 0 Å². The van der Waals surface area contributed by atoms with Gasteiger partial charge in [-0.15, -0.1) is 0 Å². The molecule has 82 valence electrons. The number of aromatic nitrogens is 1. The van der Waals surface area contributed by atoms with Gasteiger partial charge in [-0.1, -0.05) is 17.7 Å². The molecular weight excluding hydrogens is 228 g/mol. The second-order valence-electron chi connectivity index (χ2n) is 3.27. The Morgan fingerprint density at radius 3 is 2.94 bits per heavy atom. The number of rotatable bonds is 2. The topological polar surface area (TPSA) is 58.4 Å². The summed E-state index contributed by atoms with van der Waals surface area (Å²) in [7, 11) is 0. The summed E-state index contributed by atoms with van der Waals surface area (Å²) < 4.78 is 4.61. The van der Waals surface area contributed by atoms with E-state index < -0.39 is 5.63 Å². The number of aryl methyl sites for hydroxylation is 1. The lowest BCUT2D eigenvalue weighted by atomic mass is 10.3. The third-order valence-electron chi connectivity index (χ3n) is 2.07. The molecule has 0 atom stereocenters. The summed E-state index contributed by atoms with van der Waals surface area (Å²) in [5.74, 6) is 0. The van der Waals surface area contributed by atoms with Crippen LogP contribution in [0.25, 0.3) is 0 Å². The Morgan fingerprint density at radius 2 is 2.31 bits per heavy atom. The third-order valence-corrected chi connectivity index (χ3v) is 2.31. The van der Waals surface area contributed by atoms with Crippen LogP contribution in [0.3, 0.4) is 0 Å². The zero-order chi connectivity index (χ0) is 11.5. The van der Waals surface area contributed by atoms with Crippen molar-refractivity contribution in [2.75, 3.05) is 0 Å². The van der Waals surface area contributed by atoms with E-state index in [1.165, 1.54) is 6.21 Å². The molecule has 1 aromatic heterocycles. The number of nitrogens with zero attached hydrogens (tertiary/aromatic N) is 1. The summed E-state index contributed by atoms with van der Waals surface area (Å²) in [5, 5.41) is 3.08. The lowest BCUT2D eigenvalue weighted by molar-refractivity contribution is 0.387.